The second-order valence-corrected chi connectivity index (χ2v) is 7.34. The molecular weight excluding hydrogens is 362 g/mol. The summed E-state index contributed by atoms with van der Waals surface area (Å²) in [5, 5.41) is 8.95. The Morgan fingerprint density at radius 1 is 1.15 bits per heavy atom. The minimum atomic E-state index is -0.0943. The summed E-state index contributed by atoms with van der Waals surface area (Å²) in [6, 6.07) is 9.17. The molecule has 4 heterocycles. The number of aromatic nitrogens is 3. The van der Waals surface area contributed by atoms with E-state index in [0.29, 0.717) is 37.4 Å². The number of nitrogens with zero attached hydrogens (tertiary/aromatic N) is 4. The van der Waals surface area contributed by atoms with Crippen LogP contribution in [0.1, 0.15) is 22.5 Å². The van der Waals surface area contributed by atoms with E-state index in [0.717, 1.165) is 4.88 Å². The van der Waals surface area contributed by atoms with Crippen molar-refractivity contribution in [2.75, 3.05) is 18.4 Å². The van der Waals surface area contributed by atoms with Gasteiger partial charge in [-0.15, -0.1) is 11.3 Å². The number of piperidine rings is 1. The molecule has 138 valence electrons. The van der Waals surface area contributed by atoms with E-state index in [-0.39, 0.29) is 17.7 Å². The molecule has 0 aromatic carbocycles. The van der Waals surface area contributed by atoms with Gasteiger partial charge >= 0.3 is 0 Å². The smallest absolute Gasteiger partial charge is 0.263 e. The van der Waals surface area contributed by atoms with Crippen molar-refractivity contribution in [2.24, 2.45) is 5.92 Å². The van der Waals surface area contributed by atoms with Crippen LogP contribution in [0.5, 0.6) is 0 Å². The monoisotopic (exact) mass is 381 g/mol. The fourth-order valence-corrected chi connectivity index (χ4v) is 3.84. The van der Waals surface area contributed by atoms with Crippen LogP contribution in [-0.2, 0) is 4.79 Å². The maximum atomic E-state index is 12.5. The Bertz CT molecular complexity index is 898. The van der Waals surface area contributed by atoms with E-state index < -0.39 is 0 Å². The van der Waals surface area contributed by atoms with Gasteiger partial charge in [0.2, 0.25) is 5.91 Å². The summed E-state index contributed by atoms with van der Waals surface area (Å²) in [5.41, 5.74) is 0.660. The Morgan fingerprint density at radius 2 is 2.00 bits per heavy atom. The van der Waals surface area contributed by atoms with E-state index >= 15 is 0 Å². The number of hydrogen-bond donors (Lipinski definition) is 1. The quantitative estimate of drug-likeness (QED) is 0.754. The average Bonchev–Trinajstić information content (AvgIpc) is 3.42. The Labute approximate surface area is 160 Å². The maximum Gasteiger partial charge on any atom is 0.263 e. The second kappa shape index (κ2) is 7.71. The molecule has 0 radical (unpaired) electrons. The Kier molecular flexibility index (Phi) is 4.97. The molecule has 0 atom stereocenters. The van der Waals surface area contributed by atoms with Crippen molar-refractivity contribution in [1.29, 1.82) is 0 Å². The number of hydrogen-bond acceptors (Lipinski definition) is 5. The van der Waals surface area contributed by atoms with E-state index in [9.17, 15) is 9.59 Å². The van der Waals surface area contributed by atoms with Crippen molar-refractivity contribution in [3.63, 3.8) is 0 Å². The molecule has 4 rings (SSSR count). The van der Waals surface area contributed by atoms with Crippen LogP contribution in [0.3, 0.4) is 0 Å². The van der Waals surface area contributed by atoms with Crippen LogP contribution < -0.4 is 5.32 Å². The summed E-state index contributed by atoms with van der Waals surface area (Å²) in [6.45, 7) is 1.20. The first kappa shape index (κ1) is 17.4. The topological polar surface area (TPSA) is 80.1 Å². The number of nitrogens with one attached hydrogen (secondary N) is 1. The highest BCUT2D eigenvalue weighted by Gasteiger charge is 2.28. The Hall–Kier alpha value is -3.00. The molecule has 0 spiro atoms. The zero-order valence-corrected chi connectivity index (χ0v) is 15.4. The molecular formula is C19H19N5O2S. The van der Waals surface area contributed by atoms with Crippen LogP contribution in [0.25, 0.3) is 5.82 Å². The van der Waals surface area contributed by atoms with Crippen molar-refractivity contribution in [3.05, 3.63) is 59.2 Å². The van der Waals surface area contributed by atoms with Gasteiger partial charge in [0, 0.05) is 31.4 Å². The zero-order chi connectivity index (χ0) is 18.6. The molecule has 0 saturated carbocycles. The van der Waals surface area contributed by atoms with Crippen molar-refractivity contribution in [2.45, 2.75) is 12.8 Å². The number of pyridine rings is 1. The number of anilines is 1. The first-order chi connectivity index (χ1) is 13.2. The first-order valence-electron chi connectivity index (χ1n) is 8.80. The van der Waals surface area contributed by atoms with E-state index in [4.69, 9.17) is 0 Å². The predicted molar refractivity (Wildman–Crippen MR) is 103 cm³/mol. The lowest BCUT2D eigenvalue weighted by atomic mass is 9.95. The van der Waals surface area contributed by atoms with E-state index in [2.05, 4.69) is 15.4 Å². The third kappa shape index (κ3) is 3.90. The van der Waals surface area contributed by atoms with Gasteiger partial charge in [0.25, 0.3) is 5.91 Å². The van der Waals surface area contributed by atoms with Gasteiger partial charge in [-0.05, 0) is 42.5 Å². The molecule has 7 nitrogen and oxygen atoms in total. The van der Waals surface area contributed by atoms with Gasteiger partial charge in [0.05, 0.1) is 16.8 Å². The summed E-state index contributed by atoms with van der Waals surface area (Å²) < 4.78 is 1.66. The molecule has 1 aliphatic rings. The first-order valence-corrected chi connectivity index (χ1v) is 9.68. The standard InChI is InChI=1S/C19H19N5O2S/c25-18(22-15-4-5-17(20-13-15)24-9-2-8-21-24)14-6-10-23(11-7-14)19(26)16-3-1-12-27-16/h1-5,8-9,12-14H,6-7,10-11H2,(H,22,25). The third-order valence-corrected chi connectivity index (χ3v) is 5.50. The molecule has 2 amide bonds. The molecule has 8 heteroatoms. The van der Waals surface area contributed by atoms with Crippen LogP contribution in [0.15, 0.2) is 54.3 Å². The summed E-state index contributed by atoms with van der Waals surface area (Å²) >= 11 is 1.45. The molecule has 0 unspecified atom stereocenters. The molecule has 1 aliphatic heterocycles. The van der Waals surface area contributed by atoms with Crippen molar-refractivity contribution >= 4 is 28.8 Å². The number of carbonyl (C=O) groups excluding carboxylic acids is 2. The lowest BCUT2D eigenvalue weighted by Crippen LogP contribution is -2.41. The van der Waals surface area contributed by atoms with E-state index in [1.54, 1.807) is 17.1 Å². The average molecular weight is 381 g/mol. The van der Waals surface area contributed by atoms with Gasteiger partial charge in [-0.3, -0.25) is 9.59 Å². The highest BCUT2D eigenvalue weighted by molar-refractivity contribution is 7.12. The minimum absolute atomic E-state index is 0.0214. The van der Waals surface area contributed by atoms with E-state index in [1.807, 2.05) is 46.8 Å². The lowest BCUT2D eigenvalue weighted by molar-refractivity contribution is -0.121. The van der Waals surface area contributed by atoms with Gasteiger partial charge in [0.1, 0.15) is 0 Å². The lowest BCUT2D eigenvalue weighted by Gasteiger charge is -2.31. The minimum Gasteiger partial charge on any atom is -0.338 e. The van der Waals surface area contributed by atoms with Gasteiger partial charge in [-0.25, -0.2) is 9.67 Å². The fourth-order valence-electron chi connectivity index (χ4n) is 3.15. The number of likely N-dealkylation sites (tertiary alicyclic amines) is 1. The number of rotatable bonds is 4. The Balaban J connectivity index is 1.31. The van der Waals surface area contributed by atoms with Gasteiger partial charge < -0.3 is 10.2 Å². The van der Waals surface area contributed by atoms with Gasteiger partial charge in [-0.2, -0.15) is 5.10 Å². The molecule has 1 fully saturated rings. The fraction of sp³-hybridized carbons (Fsp3) is 0.263. The van der Waals surface area contributed by atoms with Crippen LogP contribution >= 0.6 is 11.3 Å². The molecule has 27 heavy (non-hydrogen) atoms. The van der Waals surface area contributed by atoms with Crippen LogP contribution in [0.2, 0.25) is 0 Å². The molecule has 0 bridgehead atoms. The predicted octanol–water partition coefficient (Wildman–Crippen LogP) is 2.82. The number of thiophene rings is 1. The van der Waals surface area contributed by atoms with Crippen molar-refractivity contribution < 1.29 is 9.59 Å². The van der Waals surface area contributed by atoms with E-state index in [1.165, 1.54) is 11.3 Å². The molecule has 0 aliphatic carbocycles. The van der Waals surface area contributed by atoms with Gasteiger partial charge in [0.15, 0.2) is 5.82 Å². The molecule has 3 aromatic heterocycles. The normalized spacial score (nSPS) is 14.9. The highest BCUT2D eigenvalue weighted by Crippen LogP contribution is 2.22. The third-order valence-electron chi connectivity index (χ3n) is 4.64. The summed E-state index contributed by atoms with van der Waals surface area (Å²) in [5.74, 6) is 0.635. The van der Waals surface area contributed by atoms with Crippen molar-refractivity contribution in [3.8, 4) is 5.82 Å². The molecule has 1 saturated heterocycles. The SMILES string of the molecule is O=C(Nc1ccc(-n2cccn2)nc1)C1CCN(C(=O)c2cccs2)CC1. The maximum absolute atomic E-state index is 12.5. The van der Waals surface area contributed by atoms with Crippen LogP contribution in [0.4, 0.5) is 5.69 Å². The molecule has 3 aromatic rings. The number of carbonyl (C=O) groups is 2. The molecule has 1 N–H and O–H groups in total. The highest BCUT2D eigenvalue weighted by atomic mass is 32.1. The van der Waals surface area contributed by atoms with Crippen molar-refractivity contribution in [1.82, 2.24) is 19.7 Å². The second-order valence-electron chi connectivity index (χ2n) is 6.39. The zero-order valence-electron chi connectivity index (χ0n) is 14.6. The largest absolute Gasteiger partial charge is 0.338 e. The summed E-state index contributed by atoms with van der Waals surface area (Å²) in [7, 11) is 0. The van der Waals surface area contributed by atoms with Crippen LogP contribution in [0, 0.1) is 5.92 Å². The Morgan fingerprint density at radius 3 is 2.63 bits per heavy atom. The summed E-state index contributed by atoms with van der Waals surface area (Å²) in [4.78, 5) is 31.8. The van der Waals surface area contributed by atoms with Gasteiger partial charge in [-0.1, -0.05) is 6.07 Å². The van der Waals surface area contributed by atoms with Crippen LogP contribution in [-0.4, -0.2) is 44.6 Å². The number of amides is 2. The summed E-state index contributed by atoms with van der Waals surface area (Å²) in [6.07, 6.45) is 6.46.